The third-order valence-corrected chi connectivity index (χ3v) is 3.58. The van der Waals surface area contributed by atoms with Crippen molar-refractivity contribution in [2.45, 2.75) is 50.7 Å². The summed E-state index contributed by atoms with van der Waals surface area (Å²) in [5.41, 5.74) is 6.02. The molecule has 0 aromatic carbocycles. The van der Waals surface area contributed by atoms with Crippen molar-refractivity contribution in [1.82, 2.24) is 10.1 Å². The molecule has 17 heavy (non-hydrogen) atoms. The standard InChI is InChI=1S/C12H19N3O2/c13-11(8-4-5-8)12-14-10(15-17-12)7-9-3-1-2-6-16-9/h8-9,11H,1-7,13H2. The van der Waals surface area contributed by atoms with Crippen LogP contribution >= 0.6 is 0 Å². The van der Waals surface area contributed by atoms with Crippen LogP contribution in [-0.4, -0.2) is 22.9 Å². The summed E-state index contributed by atoms with van der Waals surface area (Å²) >= 11 is 0. The Labute approximate surface area is 101 Å². The van der Waals surface area contributed by atoms with Crippen molar-refractivity contribution in [2.75, 3.05) is 6.61 Å². The maximum Gasteiger partial charge on any atom is 0.243 e. The second-order valence-electron chi connectivity index (χ2n) is 5.10. The van der Waals surface area contributed by atoms with Crippen LogP contribution < -0.4 is 5.73 Å². The van der Waals surface area contributed by atoms with Gasteiger partial charge in [0.25, 0.3) is 0 Å². The molecule has 5 nitrogen and oxygen atoms in total. The number of ether oxygens (including phenoxy) is 1. The van der Waals surface area contributed by atoms with Crippen LogP contribution in [0.25, 0.3) is 0 Å². The fraction of sp³-hybridized carbons (Fsp3) is 0.833. The number of hydrogen-bond donors (Lipinski definition) is 1. The molecule has 1 saturated carbocycles. The van der Waals surface area contributed by atoms with Crippen molar-refractivity contribution < 1.29 is 9.26 Å². The summed E-state index contributed by atoms with van der Waals surface area (Å²) in [4.78, 5) is 4.38. The minimum absolute atomic E-state index is 0.0662. The van der Waals surface area contributed by atoms with Crippen LogP contribution in [0, 0.1) is 5.92 Å². The van der Waals surface area contributed by atoms with E-state index in [2.05, 4.69) is 10.1 Å². The normalized spacial score (nSPS) is 27.0. The van der Waals surface area contributed by atoms with E-state index in [4.69, 9.17) is 15.0 Å². The van der Waals surface area contributed by atoms with Gasteiger partial charge in [-0.1, -0.05) is 5.16 Å². The number of rotatable bonds is 4. The van der Waals surface area contributed by atoms with Gasteiger partial charge in [-0.3, -0.25) is 0 Å². The van der Waals surface area contributed by atoms with Gasteiger partial charge < -0.3 is 15.0 Å². The molecule has 0 spiro atoms. The summed E-state index contributed by atoms with van der Waals surface area (Å²) in [5.74, 6) is 1.88. The van der Waals surface area contributed by atoms with Crippen LogP contribution in [0.5, 0.6) is 0 Å². The number of nitrogens with two attached hydrogens (primary N) is 1. The summed E-state index contributed by atoms with van der Waals surface area (Å²) in [6.45, 7) is 0.858. The van der Waals surface area contributed by atoms with E-state index in [0.29, 0.717) is 11.8 Å². The highest BCUT2D eigenvalue weighted by atomic mass is 16.5. The van der Waals surface area contributed by atoms with Gasteiger partial charge in [0, 0.05) is 13.0 Å². The van der Waals surface area contributed by atoms with Crippen LogP contribution in [0.1, 0.15) is 49.9 Å². The molecule has 2 unspecified atom stereocenters. The van der Waals surface area contributed by atoms with Gasteiger partial charge in [0.2, 0.25) is 5.89 Å². The number of aromatic nitrogens is 2. The molecule has 0 amide bonds. The van der Waals surface area contributed by atoms with Crippen LogP contribution in [0.15, 0.2) is 4.52 Å². The second-order valence-corrected chi connectivity index (χ2v) is 5.10. The lowest BCUT2D eigenvalue weighted by molar-refractivity contribution is 0.0153. The Bertz CT molecular complexity index is 370. The predicted molar refractivity (Wildman–Crippen MR) is 61.2 cm³/mol. The van der Waals surface area contributed by atoms with Gasteiger partial charge >= 0.3 is 0 Å². The predicted octanol–water partition coefficient (Wildman–Crippen LogP) is 1.59. The molecule has 2 atom stereocenters. The van der Waals surface area contributed by atoms with E-state index < -0.39 is 0 Å². The van der Waals surface area contributed by atoms with Crippen LogP contribution in [-0.2, 0) is 11.2 Å². The molecule has 2 N–H and O–H groups in total. The molecule has 1 aromatic heterocycles. The Kier molecular flexibility index (Phi) is 3.11. The van der Waals surface area contributed by atoms with Gasteiger partial charge in [0.05, 0.1) is 12.1 Å². The first-order chi connectivity index (χ1) is 8.33. The molecular formula is C12H19N3O2. The Morgan fingerprint density at radius 2 is 2.18 bits per heavy atom. The molecule has 0 bridgehead atoms. The lowest BCUT2D eigenvalue weighted by atomic mass is 10.1. The average Bonchev–Trinajstić information content (AvgIpc) is 3.11. The van der Waals surface area contributed by atoms with Crippen molar-refractivity contribution in [3.8, 4) is 0 Å². The van der Waals surface area contributed by atoms with E-state index in [-0.39, 0.29) is 12.1 Å². The molecule has 2 fully saturated rings. The first kappa shape index (κ1) is 11.2. The number of nitrogens with zero attached hydrogens (tertiary/aromatic N) is 2. The fourth-order valence-corrected chi connectivity index (χ4v) is 2.31. The van der Waals surface area contributed by atoms with E-state index in [1.54, 1.807) is 0 Å². The zero-order valence-corrected chi connectivity index (χ0v) is 9.97. The third-order valence-electron chi connectivity index (χ3n) is 3.58. The van der Waals surface area contributed by atoms with Crippen LogP contribution in [0.4, 0.5) is 0 Å². The first-order valence-corrected chi connectivity index (χ1v) is 6.52. The minimum Gasteiger partial charge on any atom is -0.378 e. The summed E-state index contributed by atoms with van der Waals surface area (Å²) in [6.07, 6.45) is 6.87. The molecule has 94 valence electrons. The van der Waals surface area contributed by atoms with Crippen molar-refractivity contribution in [1.29, 1.82) is 0 Å². The molecule has 2 heterocycles. The van der Waals surface area contributed by atoms with Gasteiger partial charge in [-0.25, -0.2) is 0 Å². The topological polar surface area (TPSA) is 74.2 Å². The van der Waals surface area contributed by atoms with Gasteiger partial charge in [-0.15, -0.1) is 0 Å². The Balaban J connectivity index is 1.59. The highest BCUT2D eigenvalue weighted by Gasteiger charge is 2.33. The lowest BCUT2D eigenvalue weighted by Gasteiger charge is -2.20. The summed E-state index contributed by atoms with van der Waals surface area (Å²) in [5, 5.41) is 4.00. The molecule has 5 heteroatoms. The molecule has 0 radical (unpaired) electrons. The molecule has 1 saturated heterocycles. The van der Waals surface area contributed by atoms with Gasteiger partial charge in [0.15, 0.2) is 5.82 Å². The monoisotopic (exact) mass is 237 g/mol. The molecule has 1 aliphatic carbocycles. The average molecular weight is 237 g/mol. The minimum atomic E-state index is -0.0662. The first-order valence-electron chi connectivity index (χ1n) is 6.52. The summed E-state index contributed by atoms with van der Waals surface area (Å²) in [7, 11) is 0. The SMILES string of the molecule is NC(c1nc(CC2CCCCO2)no1)C1CC1. The maximum absolute atomic E-state index is 6.02. The van der Waals surface area contributed by atoms with Crippen LogP contribution in [0.3, 0.4) is 0 Å². The zero-order chi connectivity index (χ0) is 11.7. The largest absolute Gasteiger partial charge is 0.378 e. The smallest absolute Gasteiger partial charge is 0.243 e. The van der Waals surface area contributed by atoms with E-state index in [1.165, 1.54) is 25.7 Å². The highest BCUT2D eigenvalue weighted by molar-refractivity contribution is 4.99. The highest BCUT2D eigenvalue weighted by Crippen LogP contribution is 2.38. The Morgan fingerprint density at radius 1 is 1.29 bits per heavy atom. The summed E-state index contributed by atoms with van der Waals surface area (Å²) < 4.78 is 10.9. The molecular weight excluding hydrogens is 218 g/mol. The van der Waals surface area contributed by atoms with Crippen molar-refractivity contribution in [3.63, 3.8) is 0 Å². The molecule has 1 aromatic rings. The van der Waals surface area contributed by atoms with Crippen LogP contribution in [0.2, 0.25) is 0 Å². The number of hydrogen-bond acceptors (Lipinski definition) is 5. The third kappa shape index (κ3) is 2.66. The molecule has 2 aliphatic rings. The van der Waals surface area contributed by atoms with E-state index in [9.17, 15) is 0 Å². The zero-order valence-electron chi connectivity index (χ0n) is 9.97. The van der Waals surface area contributed by atoms with Crippen molar-refractivity contribution in [3.05, 3.63) is 11.7 Å². The van der Waals surface area contributed by atoms with E-state index in [0.717, 1.165) is 25.3 Å². The van der Waals surface area contributed by atoms with E-state index >= 15 is 0 Å². The van der Waals surface area contributed by atoms with Gasteiger partial charge in [-0.05, 0) is 38.0 Å². The lowest BCUT2D eigenvalue weighted by Crippen LogP contribution is -2.22. The Morgan fingerprint density at radius 3 is 2.88 bits per heavy atom. The maximum atomic E-state index is 6.02. The van der Waals surface area contributed by atoms with Crippen molar-refractivity contribution in [2.24, 2.45) is 11.7 Å². The molecule has 3 rings (SSSR count). The molecule has 1 aliphatic heterocycles. The second kappa shape index (κ2) is 4.74. The van der Waals surface area contributed by atoms with E-state index in [1.807, 2.05) is 0 Å². The Hall–Kier alpha value is -0.940. The van der Waals surface area contributed by atoms with Gasteiger partial charge in [0.1, 0.15) is 0 Å². The van der Waals surface area contributed by atoms with Crippen molar-refractivity contribution >= 4 is 0 Å². The van der Waals surface area contributed by atoms with Gasteiger partial charge in [-0.2, -0.15) is 4.98 Å². The summed E-state index contributed by atoms with van der Waals surface area (Å²) in [6, 6.07) is -0.0662. The quantitative estimate of drug-likeness (QED) is 0.860. The fourth-order valence-electron chi connectivity index (χ4n) is 2.31.